The van der Waals surface area contributed by atoms with Crippen molar-refractivity contribution in [1.82, 2.24) is 10.2 Å². The lowest BCUT2D eigenvalue weighted by molar-refractivity contribution is -0.132. The molecule has 1 aliphatic carbocycles. The second kappa shape index (κ2) is 9.25. The van der Waals surface area contributed by atoms with Crippen LogP contribution in [0.15, 0.2) is 54.6 Å². The molecule has 4 rings (SSSR count). The average molecular weight is 391 g/mol. The molecular formula is C25H30N2O2. The van der Waals surface area contributed by atoms with Crippen LogP contribution in [0.25, 0.3) is 0 Å². The molecule has 4 heteroatoms. The highest BCUT2D eigenvalue weighted by atomic mass is 16.2. The standard InChI is InChI=1S/C25H30N2O2/c28-24(13-8-19-4-2-1-3-5-19)27-16-14-21(15-17-27)18-20-6-9-22(10-7-20)25(29)26-23-11-12-23/h1-7,9-10,21,23H,8,11-18H2,(H,26,29). The van der Waals surface area contributed by atoms with Gasteiger partial charge in [0.25, 0.3) is 5.91 Å². The predicted octanol–water partition coefficient (Wildman–Crippen LogP) is 3.99. The Balaban J connectivity index is 1.20. The summed E-state index contributed by atoms with van der Waals surface area (Å²) in [4.78, 5) is 26.6. The highest BCUT2D eigenvalue weighted by molar-refractivity contribution is 5.94. The first kappa shape index (κ1) is 19.7. The summed E-state index contributed by atoms with van der Waals surface area (Å²) < 4.78 is 0. The molecule has 1 saturated carbocycles. The lowest BCUT2D eigenvalue weighted by atomic mass is 9.89. The Morgan fingerprint density at radius 3 is 2.21 bits per heavy atom. The van der Waals surface area contributed by atoms with E-state index >= 15 is 0 Å². The molecule has 0 radical (unpaired) electrons. The molecule has 4 nitrogen and oxygen atoms in total. The van der Waals surface area contributed by atoms with E-state index in [1.54, 1.807) is 0 Å². The van der Waals surface area contributed by atoms with Gasteiger partial charge >= 0.3 is 0 Å². The Kier molecular flexibility index (Phi) is 6.28. The van der Waals surface area contributed by atoms with Crippen LogP contribution in [0.3, 0.4) is 0 Å². The third kappa shape index (κ3) is 5.69. The van der Waals surface area contributed by atoms with Crippen LogP contribution < -0.4 is 5.32 Å². The molecular weight excluding hydrogens is 360 g/mol. The first-order chi connectivity index (χ1) is 14.2. The molecule has 2 amide bonds. The number of aryl methyl sites for hydroxylation is 1. The topological polar surface area (TPSA) is 49.4 Å². The van der Waals surface area contributed by atoms with Crippen molar-refractivity contribution in [1.29, 1.82) is 0 Å². The number of rotatable bonds is 7. The number of likely N-dealkylation sites (tertiary alicyclic amines) is 1. The number of nitrogens with one attached hydrogen (secondary N) is 1. The fourth-order valence-electron chi connectivity index (χ4n) is 4.06. The van der Waals surface area contributed by atoms with Crippen LogP contribution in [0.4, 0.5) is 0 Å². The second-order valence-corrected chi connectivity index (χ2v) is 8.46. The van der Waals surface area contributed by atoms with Crippen molar-refractivity contribution in [2.24, 2.45) is 5.92 Å². The lowest BCUT2D eigenvalue weighted by Crippen LogP contribution is -2.39. The van der Waals surface area contributed by atoms with Gasteiger partial charge in [-0.15, -0.1) is 0 Å². The van der Waals surface area contributed by atoms with Crippen molar-refractivity contribution in [2.45, 2.75) is 51.0 Å². The normalized spacial score (nSPS) is 17.2. The van der Waals surface area contributed by atoms with E-state index in [1.165, 1.54) is 11.1 Å². The van der Waals surface area contributed by atoms with Crippen LogP contribution in [-0.4, -0.2) is 35.8 Å². The predicted molar refractivity (Wildman–Crippen MR) is 115 cm³/mol. The Morgan fingerprint density at radius 2 is 1.55 bits per heavy atom. The van der Waals surface area contributed by atoms with Gasteiger partial charge in [-0.1, -0.05) is 42.5 Å². The van der Waals surface area contributed by atoms with E-state index in [2.05, 4.69) is 29.6 Å². The van der Waals surface area contributed by atoms with Gasteiger partial charge in [-0.3, -0.25) is 9.59 Å². The van der Waals surface area contributed by atoms with Gasteiger partial charge in [0.1, 0.15) is 0 Å². The molecule has 1 N–H and O–H groups in total. The molecule has 0 bridgehead atoms. The molecule has 152 valence electrons. The van der Waals surface area contributed by atoms with Crippen molar-refractivity contribution in [3.05, 3.63) is 71.3 Å². The van der Waals surface area contributed by atoms with Gasteiger partial charge in [-0.2, -0.15) is 0 Å². The van der Waals surface area contributed by atoms with Crippen molar-refractivity contribution in [3.8, 4) is 0 Å². The highest BCUT2D eigenvalue weighted by Crippen LogP contribution is 2.23. The molecule has 2 aliphatic rings. The van der Waals surface area contributed by atoms with Crippen LogP contribution in [0.5, 0.6) is 0 Å². The summed E-state index contributed by atoms with van der Waals surface area (Å²) in [6, 6.07) is 18.7. The Hall–Kier alpha value is -2.62. The third-order valence-electron chi connectivity index (χ3n) is 6.09. The largest absolute Gasteiger partial charge is 0.349 e. The van der Waals surface area contributed by atoms with Gasteiger partial charge in [0, 0.05) is 31.1 Å². The summed E-state index contributed by atoms with van der Waals surface area (Å²) in [6.07, 6.45) is 6.77. The number of hydrogen-bond donors (Lipinski definition) is 1. The molecule has 0 atom stereocenters. The summed E-state index contributed by atoms with van der Waals surface area (Å²) in [6.45, 7) is 1.72. The van der Waals surface area contributed by atoms with E-state index in [0.717, 1.165) is 57.2 Å². The average Bonchev–Trinajstić information content (AvgIpc) is 3.58. The zero-order valence-electron chi connectivity index (χ0n) is 17.0. The maximum absolute atomic E-state index is 12.5. The molecule has 2 fully saturated rings. The Morgan fingerprint density at radius 1 is 0.862 bits per heavy atom. The van der Waals surface area contributed by atoms with Gasteiger partial charge in [0.15, 0.2) is 0 Å². The molecule has 1 saturated heterocycles. The van der Waals surface area contributed by atoms with Crippen LogP contribution >= 0.6 is 0 Å². The third-order valence-corrected chi connectivity index (χ3v) is 6.09. The van der Waals surface area contributed by atoms with Crippen molar-refractivity contribution < 1.29 is 9.59 Å². The number of nitrogens with zero attached hydrogens (tertiary/aromatic N) is 1. The van der Waals surface area contributed by atoms with E-state index in [9.17, 15) is 9.59 Å². The van der Waals surface area contributed by atoms with Gasteiger partial charge < -0.3 is 10.2 Å². The number of hydrogen-bond acceptors (Lipinski definition) is 2. The SMILES string of the molecule is O=C(NC1CC1)c1ccc(CC2CCN(C(=O)CCc3ccccc3)CC2)cc1. The first-order valence-corrected chi connectivity index (χ1v) is 10.9. The molecule has 2 aromatic rings. The van der Waals surface area contributed by atoms with Gasteiger partial charge in [0.2, 0.25) is 5.91 Å². The Labute approximate surface area is 173 Å². The zero-order valence-corrected chi connectivity index (χ0v) is 17.0. The summed E-state index contributed by atoms with van der Waals surface area (Å²) in [5.41, 5.74) is 3.26. The monoisotopic (exact) mass is 390 g/mol. The molecule has 0 unspecified atom stereocenters. The molecule has 1 heterocycles. The van der Waals surface area contributed by atoms with Gasteiger partial charge in [-0.05, 0) is 67.7 Å². The van der Waals surface area contributed by atoms with E-state index in [4.69, 9.17) is 0 Å². The molecule has 29 heavy (non-hydrogen) atoms. The van der Waals surface area contributed by atoms with Crippen molar-refractivity contribution in [2.75, 3.05) is 13.1 Å². The first-order valence-electron chi connectivity index (χ1n) is 10.9. The smallest absolute Gasteiger partial charge is 0.251 e. The minimum atomic E-state index is 0.0429. The van der Waals surface area contributed by atoms with Crippen LogP contribution in [0, 0.1) is 5.92 Å². The van der Waals surface area contributed by atoms with E-state index in [-0.39, 0.29) is 11.8 Å². The number of carbonyl (C=O) groups excluding carboxylic acids is 2. The summed E-state index contributed by atoms with van der Waals surface area (Å²) in [7, 11) is 0. The van der Waals surface area contributed by atoms with Gasteiger partial charge in [0.05, 0.1) is 0 Å². The number of carbonyl (C=O) groups is 2. The zero-order chi connectivity index (χ0) is 20.1. The molecule has 1 aliphatic heterocycles. The van der Waals surface area contributed by atoms with Crippen molar-refractivity contribution >= 4 is 11.8 Å². The van der Waals surface area contributed by atoms with Crippen LogP contribution in [-0.2, 0) is 17.6 Å². The maximum atomic E-state index is 12.5. The minimum Gasteiger partial charge on any atom is -0.349 e. The van der Waals surface area contributed by atoms with Crippen LogP contribution in [0.2, 0.25) is 0 Å². The number of piperidine rings is 1. The maximum Gasteiger partial charge on any atom is 0.251 e. The lowest BCUT2D eigenvalue weighted by Gasteiger charge is -2.32. The van der Waals surface area contributed by atoms with Gasteiger partial charge in [-0.25, -0.2) is 0 Å². The second-order valence-electron chi connectivity index (χ2n) is 8.46. The van der Waals surface area contributed by atoms with E-state index in [1.807, 2.05) is 35.2 Å². The summed E-state index contributed by atoms with van der Waals surface area (Å²) >= 11 is 0. The van der Waals surface area contributed by atoms with E-state index < -0.39 is 0 Å². The van der Waals surface area contributed by atoms with Crippen LogP contribution in [0.1, 0.15) is 53.6 Å². The molecule has 0 aromatic heterocycles. The number of benzene rings is 2. The number of amides is 2. The summed E-state index contributed by atoms with van der Waals surface area (Å²) in [5, 5.41) is 3.03. The minimum absolute atomic E-state index is 0.0429. The summed E-state index contributed by atoms with van der Waals surface area (Å²) in [5.74, 6) is 0.930. The molecule has 0 spiro atoms. The fraction of sp³-hybridized carbons (Fsp3) is 0.440. The quantitative estimate of drug-likeness (QED) is 0.777. The Bertz CT molecular complexity index is 820. The van der Waals surface area contributed by atoms with Crippen molar-refractivity contribution in [3.63, 3.8) is 0 Å². The highest BCUT2D eigenvalue weighted by Gasteiger charge is 2.24. The van der Waals surface area contributed by atoms with E-state index in [0.29, 0.717) is 18.4 Å². The fourth-order valence-corrected chi connectivity index (χ4v) is 4.06. The molecule has 2 aromatic carbocycles.